The molecule has 1 N–H and O–H groups in total. The predicted molar refractivity (Wildman–Crippen MR) is 63.8 cm³/mol. The Morgan fingerprint density at radius 1 is 1.13 bits per heavy atom. The standard InChI is InChI=1S/C12H25N3/c1-13-10-15-5-3-11(4-6-15)7-12-8-14(2)9-12/h11-13H,3-10H2,1-2H3. The van der Waals surface area contributed by atoms with Crippen LogP contribution < -0.4 is 5.32 Å². The second-order valence-electron chi connectivity index (χ2n) is 5.40. The fourth-order valence-corrected chi connectivity index (χ4v) is 3.05. The first-order valence-electron chi connectivity index (χ1n) is 6.33. The average molecular weight is 211 g/mol. The van der Waals surface area contributed by atoms with Crippen LogP contribution >= 0.6 is 0 Å². The van der Waals surface area contributed by atoms with E-state index in [0.29, 0.717) is 0 Å². The molecule has 0 spiro atoms. The summed E-state index contributed by atoms with van der Waals surface area (Å²) in [6.45, 7) is 6.36. The van der Waals surface area contributed by atoms with Crippen molar-refractivity contribution < 1.29 is 0 Å². The topological polar surface area (TPSA) is 18.5 Å². The van der Waals surface area contributed by atoms with Crippen LogP contribution in [0, 0.1) is 11.8 Å². The summed E-state index contributed by atoms with van der Waals surface area (Å²) in [5, 5.41) is 3.24. The van der Waals surface area contributed by atoms with E-state index in [2.05, 4.69) is 22.2 Å². The van der Waals surface area contributed by atoms with Crippen molar-refractivity contribution in [1.82, 2.24) is 15.1 Å². The SMILES string of the molecule is CNCN1CCC(CC2CN(C)C2)CC1. The van der Waals surface area contributed by atoms with Crippen molar-refractivity contribution in [2.24, 2.45) is 11.8 Å². The van der Waals surface area contributed by atoms with Crippen LogP contribution in [0.2, 0.25) is 0 Å². The Balaban J connectivity index is 1.61. The molecule has 0 atom stereocenters. The number of hydrogen-bond donors (Lipinski definition) is 1. The lowest BCUT2D eigenvalue weighted by molar-refractivity contribution is 0.0880. The maximum absolute atomic E-state index is 3.24. The van der Waals surface area contributed by atoms with Gasteiger partial charge in [-0.15, -0.1) is 0 Å². The van der Waals surface area contributed by atoms with Crippen molar-refractivity contribution in [2.75, 3.05) is 46.9 Å². The number of piperidine rings is 1. The van der Waals surface area contributed by atoms with E-state index in [9.17, 15) is 0 Å². The Bertz CT molecular complexity index is 181. The lowest BCUT2D eigenvalue weighted by Gasteiger charge is -2.40. The summed E-state index contributed by atoms with van der Waals surface area (Å²) in [6.07, 6.45) is 4.32. The highest BCUT2D eigenvalue weighted by molar-refractivity contribution is 4.81. The Morgan fingerprint density at radius 3 is 2.33 bits per heavy atom. The molecule has 15 heavy (non-hydrogen) atoms. The zero-order chi connectivity index (χ0) is 10.7. The molecule has 2 heterocycles. The molecule has 0 aromatic rings. The molecule has 0 aliphatic carbocycles. The average Bonchev–Trinajstić information content (AvgIpc) is 2.19. The molecule has 2 aliphatic rings. The number of likely N-dealkylation sites (tertiary alicyclic amines) is 2. The molecule has 2 aliphatic heterocycles. The van der Waals surface area contributed by atoms with Crippen LogP contribution in [-0.4, -0.2) is 56.7 Å². The first-order valence-corrected chi connectivity index (χ1v) is 6.33. The maximum Gasteiger partial charge on any atom is 0.0477 e. The van der Waals surface area contributed by atoms with E-state index in [-0.39, 0.29) is 0 Å². The van der Waals surface area contributed by atoms with Crippen LogP contribution in [0.15, 0.2) is 0 Å². The molecule has 3 heteroatoms. The predicted octanol–water partition coefficient (Wildman–Crippen LogP) is 0.827. The lowest BCUT2D eigenvalue weighted by atomic mass is 9.84. The zero-order valence-electron chi connectivity index (χ0n) is 10.2. The van der Waals surface area contributed by atoms with Gasteiger partial charge in [-0.3, -0.25) is 4.90 Å². The van der Waals surface area contributed by atoms with Gasteiger partial charge in [-0.2, -0.15) is 0 Å². The van der Waals surface area contributed by atoms with Gasteiger partial charge in [0.1, 0.15) is 0 Å². The Hall–Kier alpha value is -0.120. The van der Waals surface area contributed by atoms with Crippen LogP contribution in [0.4, 0.5) is 0 Å². The van der Waals surface area contributed by atoms with E-state index in [1.807, 2.05) is 7.05 Å². The number of rotatable bonds is 4. The molecule has 0 saturated carbocycles. The Labute approximate surface area is 93.8 Å². The molecule has 0 aromatic heterocycles. The highest BCUT2D eigenvalue weighted by atomic mass is 15.2. The summed E-state index contributed by atoms with van der Waals surface area (Å²) in [5.41, 5.74) is 0. The smallest absolute Gasteiger partial charge is 0.0477 e. The van der Waals surface area contributed by atoms with E-state index >= 15 is 0 Å². The second kappa shape index (κ2) is 5.28. The van der Waals surface area contributed by atoms with E-state index < -0.39 is 0 Å². The number of nitrogens with one attached hydrogen (secondary N) is 1. The molecule has 88 valence electrons. The van der Waals surface area contributed by atoms with E-state index in [0.717, 1.165) is 18.5 Å². The summed E-state index contributed by atoms with van der Waals surface area (Å²) in [7, 11) is 4.27. The fraction of sp³-hybridized carbons (Fsp3) is 1.00. The quantitative estimate of drug-likeness (QED) is 0.743. The highest BCUT2D eigenvalue weighted by Crippen LogP contribution is 2.28. The van der Waals surface area contributed by atoms with E-state index in [4.69, 9.17) is 0 Å². The summed E-state index contributed by atoms with van der Waals surface area (Å²) in [4.78, 5) is 4.96. The minimum Gasteiger partial charge on any atom is -0.307 e. The minimum atomic E-state index is 1.01. The third kappa shape index (κ3) is 3.16. The number of nitrogens with zero attached hydrogens (tertiary/aromatic N) is 2. The van der Waals surface area contributed by atoms with Gasteiger partial charge >= 0.3 is 0 Å². The third-order valence-corrected chi connectivity index (χ3v) is 3.90. The molecule has 0 amide bonds. The van der Waals surface area contributed by atoms with Gasteiger partial charge in [-0.05, 0) is 58.3 Å². The molecule has 0 radical (unpaired) electrons. The number of hydrogen-bond acceptors (Lipinski definition) is 3. The Morgan fingerprint density at radius 2 is 1.80 bits per heavy atom. The van der Waals surface area contributed by atoms with Gasteiger partial charge < -0.3 is 10.2 Å². The van der Waals surface area contributed by atoms with Gasteiger partial charge in [-0.25, -0.2) is 0 Å². The fourth-order valence-electron chi connectivity index (χ4n) is 3.05. The van der Waals surface area contributed by atoms with E-state index in [1.165, 1.54) is 45.4 Å². The summed E-state index contributed by atoms with van der Waals surface area (Å²) in [5.74, 6) is 2.02. The first-order chi connectivity index (χ1) is 7.28. The highest BCUT2D eigenvalue weighted by Gasteiger charge is 2.27. The van der Waals surface area contributed by atoms with Crippen molar-refractivity contribution in [3.63, 3.8) is 0 Å². The van der Waals surface area contributed by atoms with Crippen LogP contribution in [0.1, 0.15) is 19.3 Å². The van der Waals surface area contributed by atoms with Crippen molar-refractivity contribution in [3.05, 3.63) is 0 Å². The maximum atomic E-state index is 3.24. The van der Waals surface area contributed by atoms with Gasteiger partial charge in [0.15, 0.2) is 0 Å². The van der Waals surface area contributed by atoms with Gasteiger partial charge in [0, 0.05) is 19.8 Å². The van der Waals surface area contributed by atoms with Gasteiger partial charge in [0.25, 0.3) is 0 Å². The zero-order valence-corrected chi connectivity index (χ0v) is 10.2. The monoisotopic (exact) mass is 211 g/mol. The minimum absolute atomic E-state index is 1.01. The van der Waals surface area contributed by atoms with Gasteiger partial charge in [-0.1, -0.05) is 0 Å². The van der Waals surface area contributed by atoms with Crippen molar-refractivity contribution >= 4 is 0 Å². The molecule has 3 nitrogen and oxygen atoms in total. The van der Waals surface area contributed by atoms with Crippen LogP contribution in [0.3, 0.4) is 0 Å². The molecule has 0 unspecified atom stereocenters. The second-order valence-corrected chi connectivity index (χ2v) is 5.40. The normalized spacial score (nSPS) is 26.8. The molecule has 2 rings (SSSR count). The van der Waals surface area contributed by atoms with Crippen molar-refractivity contribution in [3.8, 4) is 0 Å². The molecule has 0 aromatic carbocycles. The van der Waals surface area contributed by atoms with Crippen LogP contribution in [-0.2, 0) is 0 Å². The third-order valence-electron chi connectivity index (χ3n) is 3.90. The Kier molecular flexibility index (Phi) is 4.00. The molecule has 2 saturated heterocycles. The van der Waals surface area contributed by atoms with Crippen molar-refractivity contribution in [2.45, 2.75) is 19.3 Å². The van der Waals surface area contributed by atoms with E-state index in [1.54, 1.807) is 0 Å². The van der Waals surface area contributed by atoms with Crippen molar-refractivity contribution in [1.29, 1.82) is 0 Å². The van der Waals surface area contributed by atoms with Gasteiger partial charge in [0.2, 0.25) is 0 Å². The molecular formula is C12H25N3. The summed E-state index contributed by atoms with van der Waals surface area (Å²) < 4.78 is 0. The molecular weight excluding hydrogens is 186 g/mol. The first kappa shape index (κ1) is 11.4. The molecule has 0 bridgehead atoms. The van der Waals surface area contributed by atoms with Gasteiger partial charge in [0.05, 0.1) is 0 Å². The lowest BCUT2D eigenvalue weighted by Crippen LogP contribution is -2.46. The largest absolute Gasteiger partial charge is 0.307 e. The summed E-state index contributed by atoms with van der Waals surface area (Å²) in [6, 6.07) is 0. The summed E-state index contributed by atoms with van der Waals surface area (Å²) >= 11 is 0. The van der Waals surface area contributed by atoms with Crippen LogP contribution in [0.5, 0.6) is 0 Å². The van der Waals surface area contributed by atoms with Crippen LogP contribution in [0.25, 0.3) is 0 Å². The molecule has 2 fully saturated rings.